The minimum absolute atomic E-state index is 0.568. The summed E-state index contributed by atoms with van der Waals surface area (Å²) >= 11 is 1.80. The predicted octanol–water partition coefficient (Wildman–Crippen LogP) is 4.75. The van der Waals surface area contributed by atoms with Crippen molar-refractivity contribution in [3.05, 3.63) is 52.5 Å². The van der Waals surface area contributed by atoms with E-state index < -0.39 is 36.4 Å². The molecule has 2 aromatic rings. The number of carboxylic acids is 3. The lowest BCUT2D eigenvalue weighted by Crippen LogP contribution is -2.56. The summed E-state index contributed by atoms with van der Waals surface area (Å²) in [6.45, 7) is 7.22. The van der Waals surface area contributed by atoms with Gasteiger partial charge in [0.2, 0.25) is 0 Å². The highest BCUT2D eigenvalue weighted by Gasteiger charge is 2.47. The van der Waals surface area contributed by atoms with Gasteiger partial charge in [-0.3, -0.25) is 14.8 Å². The van der Waals surface area contributed by atoms with Gasteiger partial charge in [-0.25, -0.2) is 14.4 Å². The number of hydrogen-bond donors (Lipinski definition) is 3. The molecule has 236 valence electrons. The van der Waals surface area contributed by atoms with Crippen LogP contribution in [0.1, 0.15) is 17.5 Å². The summed E-state index contributed by atoms with van der Waals surface area (Å²) in [5.41, 5.74) is 3.38. The van der Waals surface area contributed by atoms with Crippen LogP contribution in [0.15, 0.2) is 41.4 Å². The summed E-state index contributed by atoms with van der Waals surface area (Å²) in [7, 11) is 0. The number of pyridine rings is 1. The summed E-state index contributed by atoms with van der Waals surface area (Å²) in [4.78, 5) is 36.1. The van der Waals surface area contributed by atoms with Crippen molar-refractivity contribution in [1.82, 2.24) is 14.8 Å². The molecule has 3 N–H and O–H groups in total. The minimum atomic E-state index is -5.08. The SMILES string of the molecule is O=C(O)C(F)(F)F.O=C(O)C(F)(F)F.O=C(O)C(F)(F)F.c1cncc(CN2CC3(CCN(Cc4ccsc4)C3)C2)c1. The first-order valence-corrected chi connectivity index (χ1v) is 12.3. The van der Waals surface area contributed by atoms with Gasteiger partial charge in [-0.1, -0.05) is 6.07 Å². The zero-order valence-corrected chi connectivity index (χ0v) is 22.0. The Kier molecular flexibility index (Phi) is 13.2. The molecule has 42 heavy (non-hydrogen) atoms. The van der Waals surface area contributed by atoms with Crippen molar-refractivity contribution in [3.63, 3.8) is 0 Å². The molecule has 0 saturated carbocycles. The van der Waals surface area contributed by atoms with Gasteiger partial charge in [0.1, 0.15) is 0 Å². The third-order valence-corrected chi connectivity index (χ3v) is 6.21. The van der Waals surface area contributed by atoms with Gasteiger partial charge < -0.3 is 15.3 Å². The molecular formula is C23H24F9N3O6S. The van der Waals surface area contributed by atoms with Gasteiger partial charge in [-0.15, -0.1) is 0 Å². The summed E-state index contributed by atoms with van der Waals surface area (Å²) in [6, 6.07) is 6.46. The number of aliphatic carboxylic acids is 3. The number of halogens is 9. The minimum Gasteiger partial charge on any atom is -0.475 e. The molecule has 0 aliphatic carbocycles. The molecule has 0 unspecified atom stereocenters. The molecule has 2 aromatic heterocycles. The fraction of sp³-hybridized carbons (Fsp3) is 0.478. The maximum atomic E-state index is 10.6. The third-order valence-electron chi connectivity index (χ3n) is 5.48. The first-order chi connectivity index (χ1) is 19.1. The van der Waals surface area contributed by atoms with Crippen LogP contribution in [0.5, 0.6) is 0 Å². The molecule has 19 heteroatoms. The molecule has 2 aliphatic heterocycles. The first kappa shape index (κ1) is 36.6. The lowest BCUT2D eigenvalue weighted by Gasteiger charge is -2.48. The van der Waals surface area contributed by atoms with E-state index in [-0.39, 0.29) is 0 Å². The Morgan fingerprint density at radius 1 is 0.786 bits per heavy atom. The summed E-state index contributed by atoms with van der Waals surface area (Å²) in [5.74, 6) is -8.27. The molecule has 0 atom stereocenters. The molecule has 4 rings (SSSR count). The Balaban J connectivity index is 0.000000348. The molecular weight excluding hydrogens is 617 g/mol. The Morgan fingerprint density at radius 3 is 1.62 bits per heavy atom. The Morgan fingerprint density at radius 2 is 1.24 bits per heavy atom. The van der Waals surface area contributed by atoms with Crippen molar-refractivity contribution in [1.29, 1.82) is 0 Å². The maximum Gasteiger partial charge on any atom is 0.490 e. The second kappa shape index (κ2) is 15.1. The van der Waals surface area contributed by atoms with Crippen LogP contribution in [-0.2, 0) is 27.5 Å². The molecule has 0 aromatic carbocycles. The summed E-state index contributed by atoms with van der Waals surface area (Å²) < 4.78 is 95.2. The van der Waals surface area contributed by atoms with Gasteiger partial charge in [-0.2, -0.15) is 50.9 Å². The first-order valence-electron chi connectivity index (χ1n) is 11.4. The largest absolute Gasteiger partial charge is 0.490 e. The standard InChI is InChI=1S/C17H21N3S.3C2HF3O2/c1-2-15(8-18-5-1)9-20-13-17(14-20)4-6-19(12-17)10-16-3-7-21-11-16;3*3-2(4,5)1(6)7/h1-3,5,7-8,11H,4,6,9-10,12-14H2;3*(H,6,7). The van der Waals surface area contributed by atoms with Crippen molar-refractivity contribution in [2.75, 3.05) is 26.2 Å². The van der Waals surface area contributed by atoms with Crippen LogP contribution in [-0.4, -0.2) is 92.7 Å². The van der Waals surface area contributed by atoms with Crippen LogP contribution < -0.4 is 0 Å². The van der Waals surface area contributed by atoms with Crippen molar-refractivity contribution >= 4 is 29.2 Å². The van der Waals surface area contributed by atoms with E-state index in [4.69, 9.17) is 29.7 Å². The number of carboxylic acid groups (broad SMARTS) is 3. The van der Waals surface area contributed by atoms with Crippen LogP contribution in [0, 0.1) is 5.41 Å². The van der Waals surface area contributed by atoms with Gasteiger partial charge in [0.15, 0.2) is 0 Å². The maximum absolute atomic E-state index is 10.6. The lowest BCUT2D eigenvalue weighted by molar-refractivity contribution is -0.193. The van der Waals surface area contributed by atoms with Crippen molar-refractivity contribution in [3.8, 4) is 0 Å². The molecule has 4 heterocycles. The molecule has 2 aliphatic rings. The molecule has 0 bridgehead atoms. The Bertz CT molecular complexity index is 1080. The zero-order valence-electron chi connectivity index (χ0n) is 21.2. The predicted molar refractivity (Wildman–Crippen MR) is 127 cm³/mol. The number of hydrogen-bond acceptors (Lipinski definition) is 7. The summed E-state index contributed by atoms with van der Waals surface area (Å²) in [6.07, 6.45) is -10.1. The topological polar surface area (TPSA) is 131 Å². The zero-order chi connectivity index (χ0) is 32.4. The van der Waals surface area contributed by atoms with Gasteiger partial charge in [0.25, 0.3) is 0 Å². The lowest BCUT2D eigenvalue weighted by atomic mass is 9.79. The molecule has 0 radical (unpaired) electrons. The average Bonchev–Trinajstić information content (AvgIpc) is 3.50. The monoisotopic (exact) mass is 641 g/mol. The highest BCUT2D eigenvalue weighted by molar-refractivity contribution is 7.07. The fourth-order valence-electron chi connectivity index (χ4n) is 3.83. The third kappa shape index (κ3) is 13.5. The number of nitrogens with zero attached hydrogens (tertiary/aromatic N) is 3. The molecule has 1 spiro atoms. The van der Waals surface area contributed by atoms with E-state index in [1.807, 2.05) is 18.5 Å². The summed E-state index contributed by atoms with van der Waals surface area (Å²) in [5, 5.41) is 25.8. The smallest absolute Gasteiger partial charge is 0.475 e. The highest BCUT2D eigenvalue weighted by Crippen LogP contribution is 2.40. The van der Waals surface area contributed by atoms with Crippen LogP contribution >= 0.6 is 11.3 Å². The van der Waals surface area contributed by atoms with Crippen LogP contribution in [0.25, 0.3) is 0 Å². The van der Waals surface area contributed by atoms with Crippen molar-refractivity contribution in [2.24, 2.45) is 5.41 Å². The van der Waals surface area contributed by atoms with E-state index in [1.54, 1.807) is 11.3 Å². The Hall–Kier alpha value is -3.45. The van der Waals surface area contributed by atoms with Gasteiger partial charge >= 0.3 is 36.4 Å². The van der Waals surface area contributed by atoms with E-state index in [9.17, 15) is 39.5 Å². The quantitative estimate of drug-likeness (QED) is 0.405. The van der Waals surface area contributed by atoms with Crippen LogP contribution in [0.2, 0.25) is 0 Å². The second-order valence-corrected chi connectivity index (χ2v) is 9.79. The van der Waals surface area contributed by atoms with Gasteiger partial charge in [0.05, 0.1) is 0 Å². The van der Waals surface area contributed by atoms with Gasteiger partial charge in [0, 0.05) is 50.5 Å². The molecule has 9 nitrogen and oxygen atoms in total. The number of carbonyl (C=O) groups is 3. The van der Waals surface area contributed by atoms with E-state index in [0.29, 0.717) is 5.41 Å². The Labute approximate surface area is 235 Å². The van der Waals surface area contributed by atoms with Crippen LogP contribution in [0.4, 0.5) is 39.5 Å². The fourth-order valence-corrected chi connectivity index (χ4v) is 4.49. The van der Waals surface area contributed by atoms with Crippen LogP contribution in [0.3, 0.4) is 0 Å². The molecule has 0 amide bonds. The number of rotatable bonds is 4. The number of aromatic nitrogens is 1. The van der Waals surface area contributed by atoms with Crippen molar-refractivity contribution in [2.45, 2.75) is 38.0 Å². The van der Waals surface area contributed by atoms with Crippen molar-refractivity contribution < 1.29 is 69.2 Å². The molecule has 2 fully saturated rings. The number of thiophene rings is 1. The second-order valence-electron chi connectivity index (χ2n) is 9.01. The van der Waals surface area contributed by atoms with E-state index in [2.05, 4.69) is 37.7 Å². The van der Waals surface area contributed by atoms with E-state index in [1.165, 1.54) is 43.7 Å². The molecule has 2 saturated heterocycles. The normalized spacial score (nSPS) is 16.5. The van der Waals surface area contributed by atoms with E-state index >= 15 is 0 Å². The number of alkyl halides is 9. The average molecular weight is 642 g/mol. The number of likely N-dealkylation sites (tertiary alicyclic amines) is 2. The highest BCUT2D eigenvalue weighted by atomic mass is 32.1. The van der Waals surface area contributed by atoms with Gasteiger partial charge in [-0.05, 0) is 47.0 Å². The van der Waals surface area contributed by atoms with E-state index in [0.717, 1.165) is 13.1 Å².